The third-order valence-electron chi connectivity index (χ3n) is 6.80. The summed E-state index contributed by atoms with van der Waals surface area (Å²) in [6, 6.07) is 30.5. The Kier molecular flexibility index (Phi) is 6.02. The van der Waals surface area contributed by atoms with Crippen LogP contribution in [0, 0.1) is 0 Å². The highest BCUT2D eigenvalue weighted by molar-refractivity contribution is 6.10. The summed E-state index contributed by atoms with van der Waals surface area (Å²) in [5.41, 5.74) is 2.59. The van der Waals surface area contributed by atoms with Gasteiger partial charge < -0.3 is 10.6 Å². The summed E-state index contributed by atoms with van der Waals surface area (Å²) < 4.78 is 0. The number of nitrogens with one attached hydrogen (secondary N) is 2. The third-order valence-corrected chi connectivity index (χ3v) is 6.80. The van der Waals surface area contributed by atoms with Gasteiger partial charge >= 0.3 is 6.03 Å². The number of amides is 4. The molecule has 1 aliphatic rings. The van der Waals surface area contributed by atoms with Crippen LogP contribution in [0.5, 0.6) is 0 Å². The molecule has 0 saturated carbocycles. The number of fused-ring (bicyclic) bond motifs is 1. The standard InChI is InChI=1S/C30H27N3O3/c1-20(21-15-17-23(18-16-21)22-9-4-3-5-10-22)31-27(34)19-33-28(35)30(2,32-29(33)36)26-14-8-12-24-11-6-7-13-25(24)26/h3-18,20H,19H2,1-2H3,(H,31,34)(H,32,36)/t20-,30+/m1/s1. The monoisotopic (exact) mass is 477 g/mol. The highest BCUT2D eigenvalue weighted by atomic mass is 16.2. The molecule has 0 unspecified atom stereocenters. The second-order valence-corrected chi connectivity index (χ2v) is 9.25. The molecule has 1 fully saturated rings. The predicted octanol–water partition coefficient (Wildman–Crippen LogP) is 5.15. The van der Waals surface area contributed by atoms with Gasteiger partial charge in [-0.05, 0) is 46.9 Å². The average molecular weight is 478 g/mol. The lowest BCUT2D eigenvalue weighted by Crippen LogP contribution is -2.43. The van der Waals surface area contributed by atoms with Crippen LogP contribution < -0.4 is 10.6 Å². The topological polar surface area (TPSA) is 78.5 Å². The quantitative estimate of drug-likeness (QED) is 0.377. The lowest BCUT2D eigenvalue weighted by atomic mass is 9.88. The van der Waals surface area contributed by atoms with Crippen molar-refractivity contribution in [3.63, 3.8) is 0 Å². The van der Waals surface area contributed by atoms with E-state index in [1.54, 1.807) is 6.92 Å². The number of rotatable bonds is 6. The van der Waals surface area contributed by atoms with Crippen molar-refractivity contribution in [2.24, 2.45) is 0 Å². The van der Waals surface area contributed by atoms with Gasteiger partial charge in [-0.3, -0.25) is 14.5 Å². The van der Waals surface area contributed by atoms with Crippen molar-refractivity contribution in [2.45, 2.75) is 25.4 Å². The summed E-state index contributed by atoms with van der Waals surface area (Å²) in [5.74, 6) is -0.848. The van der Waals surface area contributed by atoms with Crippen LogP contribution in [0.1, 0.15) is 31.0 Å². The summed E-state index contributed by atoms with van der Waals surface area (Å²) in [7, 11) is 0. The minimum absolute atomic E-state index is 0.285. The second kappa shape index (κ2) is 9.30. The average Bonchev–Trinajstić information content (AvgIpc) is 3.12. The molecular weight excluding hydrogens is 450 g/mol. The molecule has 0 aliphatic carbocycles. The Morgan fingerprint density at radius 2 is 1.50 bits per heavy atom. The molecule has 180 valence electrons. The first-order chi connectivity index (χ1) is 17.4. The fourth-order valence-corrected chi connectivity index (χ4v) is 4.79. The smallest absolute Gasteiger partial charge is 0.325 e. The van der Waals surface area contributed by atoms with Crippen molar-refractivity contribution in [3.05, 3.63) is 108 Å². The molecule has 1 saturated heterocycles. The van der Waals surface area contributed by atoms with Gasteiger partial charge in [0.05, 0.1) is 6.04 Å². The molecule has 4 aromatic rings. The normalized spacial score (nSPS) is 18.2. The number of hydrogen-bond donors (Lipinski definition) is 2. The van der Waals surface area contributed by atoms with Gasteiger partial charge in [0.1, 0.15) is 12.1 Å². The summed E-state index contributed by atoms with van der Waals surface area (Å²) >= 11 is 0. The Hall–Kier alpha value is -4.45. The molecule has 2 atom stereocenters. The van der Waals surface area contributed by atoms with Crippen molar-refractivity contribution in [3.8, 4) is 11.1 Å². The molecule has 4 aromatic carbocycles. The maximum atomic E-state index is 13.4. The lowest BCUT2D eigenvalue weighted by Gasteiger charge is -2.24. The second-order valence-electron chi connectivity index (χ2n) is 9.25. The molecular formula is C30H27N3O3. The lowest BCUT2D eigenvalue weighted by molar-refractivity contribution is -0.135. The molecule has 0 aromatic heterocycles. The van der Waals surface area contributed by atoms with Crippen LogP contribution in [-0.4, -0.2) is 29.3 Å². The van der Waals surface area contributed by atoms with E-state index in [0.717, 1.165) is 32.4 Å². The number of benzene rings is 4. The molecule has 36 heavy (non-hydrogen) atoms. The first kappa shape index (κ1) is 23.3. The Balaban J connectivity index is 1.28. The zero-order valence-corrected chi connectivity index (χ0v) is 20.2. The molecule has 0 bridgehead atoms. The maximum absolute atomic E-state index is 13.4. The van der Waals surface area contributed by atoms with Gasteiger partial charge in [0, 0.05) is 0 Å². The zero-order valence-electron chi connectivity index (χ0n) is 20.2. The number of nitrogens with zero attached hydrogens (tertiary/aromatic N) is 1. The molecule has 5 rings (SSSR count). The largest absolute Gasteiger partial charge is 0.348 e. The number of carbonyl (C=O) groups excluding carboxylic acids is 3. The van der Waals surface area contributed by atoms with E-state index in [1.165, 1.54) is 0 Å². The fourth-order valence-electron chi connectivity index (χ4n) is 4.79. The predicted molar refractivity (Wildman–Crippen MR) is 140 cm³/mol. The molecule has 1 heterocycles. The van der Waals surface area contributed by atoms with Crippen LogP contribution in [0.2, 0.25) is 0 Å². The number of imide groups is 1. The minimum atomic E-state index is -1.25. The van der Waals surface area contributed by atoms with Crippen LogP contribution in [0.25, 0.3) is 21.9 Å². The van der Waals surface area contributed by atoms with E-state index < -0.39 is 23.4 Å². The molecule has 6 nitrogen and oxygen atoms in total. The third kappa shape index (κ3) is 4.22. The summed E-state index contributed by atoms with van der Waals surface area (Å²) in [4.78, 5) is 40.0. The minimum Gasteiger partial charge on any atom is -0.348 e. The van der Waals surface area contributed by atoms with Crippen molar-refractivity contribution < 1.29 is 14.4 Å². The van der Waals surface area contributed by atoms with Gasteiger partial charge in [0.25, 0.3) is 5.91 Å². The maximum Gasteiger partial charge on any atom is 0.325 e. The highest BCUT2D eigenvalue weighted by Gasteiger charge is 2.50. The number of carbonyl (C=O) groups is 3. The van der Waals surface area contributed by atoms with Gasteiger partial charge in [-0.1, -0.05) is 97.1 Å². The van der Waals surface area contributed by atoms with Crippen molar-refractivity contribution in [2.75, 3.05) is 6.54 Å². The van der Waals surface area contributed by atoms with E-state index in [2.05, 4.69) is 10.6 Å². The summed E-state index contributed by atoms with van der Waals surface area (Å²) in [6.45, 7) is 3.21. The van der Waals surface area contributed by atoms with Gasteiger partial charge in [-0.2, -0.15) is 0 Å². The van der Waals surface area contributed by atoms with Crippen molar-refractivity contribution in [1.82, 2.24) is 15.5 Å². The summed E-state index contributed by atoms with van der Waals surface area (Å²) in [6.07, 6.45) is 0. The SMILES string of the molecule is C[C@@H](NC(=O)CN1C(=O)N[C@@](C)(c2cccc3ccccc23)C1=O)c1ccc(-c2ccccc2)cc1. The molecule has 1 aliphatic heterocycles. The van der Waals surface area contributed by atoms with Crippen LogP contribution in [0.15, 0.2) is 97.1 Å². The van der Waals surface area contributed by atoms with Gasteiger partial charge in [0.2, 0.25) is 5.91 Å². The van der Waals surface area contributed by atoms with Gasteiger partial charge in [0.15, 0.2) is 0 Å². The van der Waals surface area contributed by atoms with Crippen molar-refractivity contribution >= 4 is 28.6 Å². The molecule has 0 spiro atoms. The number of urea groups is 1. The van der Waals surface area contributed by atoms with Gasteiger partial charge in [-0.15, -0.1) is 0 Å². The fraction of sp³-hybridized carbons (Fsp3) is 0.167. The Labute approximate surface area is 209 Å². The van der Waals surface area contributed by atoms with E-state index in [1.807, 2.05) is 104 Å². The molecule has 4 amide bonds. The van der Waals surface area contributed by atoms with E-state index in [9.17, 15) is 14.4 Å². The molecule has 0 radical (unpaired) electrons. The van der Waals surface area contributed by atoms with Crippen LogP contribution >= 0.6 is 0 Å². The van der Waals surface area contributed by atoms with Crippen molar-refractivity contribution in [1.29, 1.82) is 0 Å². The van der Waals surface area contributed by atoms with Crippen LogP contribution in [0.4, 0.5) is 4.79 Å². The number of hydrogen-bond acceptors (Lipinski definition) is 3. The van der Waals surface area contributed by atoms with E-state index in [0.29, 0.717) is 5.56 Å². The van der Waals surface area contributed by atoms with E-state index >= 15 is 0 Å². The summed E-state index contributed by atoms with van der Waals surface area (Å²) in [5, 5.41) is 7.57. The zero-order chi connectivity index (χ0) is 25.3. The molecule has 2 N–H and O–H groups in total. The highest BCUT2D eigenvalue weighted by Crippen LogP contribution is 2.33. The van der Waals surface area contributed by atoms with Gasteiger partial charge in [-0.25, -0.2) is 4.79 Å². The van der Waals surface area contributed by atoms with E-state index in [4.69, 9.17) is 0 Å². The first-order valence-corrected chi connectivity index (χ1v) is 11.9. The Bertz CT molecular complexity index is 1440. The Morgan fingerprint density at radius 3 is 2.25 bits per heavy atom. The van der Waals surface area contributed by atoms with Crippen LogP contribution in [0.3, 0.4) is 0 Å². The Morgan fingerprint density at radius 1 is 0.861 bits per heavy atom. The van der Waals surface area contributed by atoms with E-state index in [-0.39, 0.29) is 12.6 Å². The first-order valence-electron chi connectivity index (χ1n) is 11.9. The van der Waals surface area contributed by atoms with Crippen LogP contribution in [-0.2, 0) is 15.1 Å². The molecule has 6 heteroatoms.